The van der Waals surface area contributed by atoms with Gasteiger partial charge in [0.05, 0.1) is 29.7 Å². The highest BCUT2D eigenvalue weighted by Gasteiger charge is 2.41. The summed E-state index contributed by atoms with van der Waals surface area (Å²) >= 11 is 0. The molecule has 3 aliphatic rings. The standard InChI is InChI=1S/C21H33N5O3S/c1-3-22-21(24-18-14-17-8-9-19(18)29-17)23-15-16-6-4-5-7-20(16)30(27,28)26-12-10-25(2)11-13-26/h4-7,17-19H,3,8-15H2,1-2H3,(H2,22,23,24). The van der Waals surface area contributed by atoms with Crippen LogP contribution in [0.2, 0.25) is 0 Å². The van der Waals surface area contributed by atoms with Gasteiger partial charge in [0.1, 0.15) is 0 Å². The van der Waals surface area contributed by atoms with Crippen molar-refractivity contribution in [2.75, 3.05) is 39.8 Å². The molecule has 3 unspecified atom stereocenters. The van der Waals surface area contributed by atoms with Crippen molar-refractivity contribution < 1.29 is 13.2 Å². The number of benzene rings is 1. The summed E-state index contributed by atoms with van der Waals surface area (Å²) in [7, 11) is -1.51. The Kier molecular flexibility index (Phi) is 6.62. The predicted molar refractivity (Wildman–Crippen MR) is 117 cm³/mol. The second-order valence-electron chi connectivity index (χ2n) is 8.37. The number of hydrogen-bond donors (Lipinski definition) is 2. The third-order valence-corrected chi connectivity index (χ3v) is 8.23. The van der Waals surface area contributed by atoms with E-state index in [1.54, 1.807) is 16.4 Å². The summed E-state index contributed by atoms with van der Waals surface area (Å²) in [6, 6.07) is 7.48. The fourth-order valence-corrected chi connectivity index (χ4v) is 6.14. The number of nitrogens with zero attached hydrogens (tertiary/aromatic N) is 3. The first-order valence-corrected chi connectivity index (χ1v) is 12.4. The monoisotopic (exact) mass is 435 g/mol. The lowest BCUT2D eigenvalue weighted by Crippen LogP contribution is -2.47. The van der Waals surface area contributed by atoms with E-state index in [4.69, 9.17) is 9.73 Å². The molecule has 8 nitrogen and oxygen atoms in total. The number of fused-ring (bicyclic) bond motifs is 2. The molecule has 0 spiro atoms. The van der Waals surface area contributed by atoms with Gasteiger partial charge in [0.2, 0.25) is 10.0 Å². The van der Waals surface area contributed by atoms with Crippen LogP contribution >= 0.6 is 0 Å². The van der Waals surface area contributed by atoms with Crippen LogP contribution in [-0.2, 0) is 21.3 Å². The topological polar surface area (TPSA) is 86.3 Å². The predicted octanol–water partition coefficient (Wildman–Crippen LogP) is 0.998. The molecule has 30 heavy (non-hydrogen) atoms. The first-order valence-electron chi connectivity index (χ1n) is 10.9. The number of guanidine groups is 1. The third-order valence-electron chi connectivity index (χ3n) is 6.23. The van der Waals surface area contributed by atoms with Crippen molar-refractivity contribution in [1.29, 1.82) is 0 Å². The molecule has 0 amide bonds. The van der Waals surface area contributed by atoms with E-state index in [1.165, 1.54) is 0 Å². The average Bonchev–Trinajstić information content (AvgIpc) is 3.36. The Labute approximate surface area is 179 Å². The highest BCUT2D eigenvalue weighted by Crippen LogP contribution is 2.34. The minimum absolute atomic E-state index is 0.253. The highest BCUT2D eigenvalue weighted by atomic mass is 32.2. The second-order valence-corrected chi connectivity index (χ2v) is 10.3. The number of piperazine rings is 1. The molecule has 166 valence electrons. The molecule has 1 aromatic carbocycles. The van der Waals surface area contributed by atoms with Crippen LogP contribution in [0.5, 0.6) is 0 Å². The number of nitrogens with one attached hydrogen (secondary N) is 2. The Hall–Kier alpha value is -1.68. The number of likely N-dealkylation sites (N-methyl/N-ethyl adjacent to an activating group) is 1. The van der Waals surface area contributed by atoms with Gasteiger partial charge in [0, 0.05) is 32.7 Å². The molecule has 3 atom stereocenters. The van der Waals surface area contributed by atoms with Gasteiger partial charge >= 0.3 is 0 Å². The molecule has 0 aromatic heterocycles. The van der Waals surface area contributed by atoms with Crippen LogP contribution in [0.25, 0.3) is 0 Å². The van der Waals surface area contributed by atoms with Crippen molar-refractivity contribution in [3.63, 3.8) is 0 Å². The van der Waals surface area contributed by atoms with Crippen molar-refractivity contribution in [2.45, 2.75) is 55.9 Å². The Morgan fingerprint density at radius 1 is 1.20 bits per heavy atom. The van der Waals surface area contributed by atoms with Gasteiger partial charge in [-0.05, 0) is 44.9 Å². The molecule has 3 aliphatic heterocycles. The SMILES string of the molecule is CCNC(=NCc1ccccc1S(=O)(=O)N1CCN(C)CC1)NC1CC2CCC1O2. The molecule has 3 saturated heterocycles. The maximum atomic E-state index is 13.3. The molecular formula is C21H33N5O3S. The number of hydrogen-bond acceptors (Lipinski definition) is 5. The van der Waals surface area contributed by atoms with E-state index in [0.29, 0.717) is 36.6 Å². The van der Waals surface area contributed by atoms with Crippen LogP contribution in [0.1, 0.15) is 31.7 Å². The van der Waals surface area contributed by atoms with Crippen LogP contribution in [-0.4, -0.2) is 81.6 Å². The molecule has 2 N–H and O–H groups in total. The van der Waals surface area contributed by atoms with Gasteiger partial charge in [-0.25, -0.2) is 13.4 Å². The molecule has 3 fully saturated rings. The number of ether oxygens (including phenoxy) is 1. The van der Waals surface area contributed by atoms with Crippen molar-refractivity contribution in [1.82, 2.24) is 19.8 Å². The summed E-state index contributed by atoms with van der Waals surface area (Å²) in [5.74, 6) is 0.713. The molecule has 3 heterocycles. The molecule has 4 rings (SSSR count). The third kappa shape index (κ3) is 4.64. The first-order chi connectivity index (χ1) is 14.5. The van der Waals surface area contributed by atoms with E-state index < -0.39 is 10.0 Å². The van der Waals surface area contributed by atoms with Crippen LogP contribution in [0, 0.1) is 0 Å². The van der Waals surface area contributed by atoms with Crippen LogP contribution in [0.3, 0.4) is 0 Å². The van der Waals surface area contributed by atoms with E-state index in [2.05, 4.69) is 15.5 Å². The molecule has 0 radical (unpaired) electrons. The molecule has 2 bridgehead atoms. The summed E-state index contributed by atoms with van der Waals surface area (Å²) in [5, 5.41) is 6.78. The van der Waals surface area contributed by atoms with Gasteiger partial charge in [-0.2, -0.15) is 4.31 Å². The molecule has 0 saturated carbocycles. The van der Waals surface area contributed by atoms with Gasteiger partial charge in [0.25, 0.3) is 0 Å². The summed E-state index contributed by atoms with van der Waals surface area (Å²) in [6.07, 6.45) is 3.86. The van der Waals surface area contributed by atoms with E-state index in [-0.39, 0.29) is 12.1 Å². The number of rotatable bonds is 6. The molecule has 1 aromatic rings. The fraction of sp³-hybridized carbons (Fsp3) is 0.667. The Morgan fingerprint density at radius 3 is 2.63 bits per heavy atom. The quantitative estimate of drug-likeness (QED) is 0.512. The maximum absolute atomic E-state index is 13.3. The highest BCUT2D eigenvalue weighted by molar-refractivity contribution is 7.89. The largest absolute Gasteiger partial charge is 0.373 e. The lowest BCUT2D eigenvalue weighted by molar-refractivity contribution is 0.0992. The fourth-order valence-electron chi connectivity index (χ4n) is 4.50. The minimum Gasteiger partial charge on any atom is -0.373 e. The van der Waals surface area contributed by atoms with Gasteiger partial charge in [-0.3, -0.25) is 0 Å². The zero-order valence-electron chi connectivity index (χ0n) is 17.9. The molecular weight excluding hydrogens is 402 g/mol. The molecule has 9 heteroatoms. The Balaban J connectivity index is 1.49. The van der Waals surface area contributed by atoms with Crippen molar-refractivity contribution in [2.24, 2.45) is 4.99 Å². The minimum atomic E-state index is -3.53. The summed E-state index contributed by atoms with van der Waals surface area (Å²) in [6.45, 7) is 5.62. The zero-order chi connectivity index (χ0) is 21.1. The van der Waals surface area contributed by atoms with Crippen molar-refractivity contribution >= 4 is 16.0 Å². The summed E-state index contributed by atoms with van der Waals surface area (Å²) in [5.41, 5.74) is 0.720. The van der Waals surface area contributed by atoms with Gasteiger partial charge in [-0.15, -0.1) is 0 Å². The smallest absolute Gasteiger partial charge is 0.243 e. The normalized spacial score (nSPS) is 28.1. The van der Waals surface area contributed by atoms with Crippen molar-refractivity contribution in [3.8, 4) is 0 Å². The van der Waals surface area contributed by atoms with Crippen LogP contribution in [0.4, 0.5) is 0 Å². The van der Waals surface area contributed by atoms with Crippen LogP contribution < -0.4 is 10.6 Å². The lowest BCUT2D eigenvalue weighted by Gasteiger charge is -2.32. The summed E-state index contributed by atoms with van der Waals surface area (Å²) in [4.78, 5) is 7.22. The summed E-state index contributed by atoms with van der Waals surface area (Å²) < 4.78 is 34.0. The van der Waals surface area contributed by atoms with Crippen molar-refractivity contribution in [3.05, 3.63) is 29.8 Å². The van der Waals surface area contributed by atoms with Gasteiger partial charge < -0.3 is 20.3 Å². The Morgan fingerprint density at radius 2 is 1.97 bits per heavy atom. The first kappa shape index (κ1) is 21.5. The van der Waals surface area contributed by atoms with Gasteiger partial charge in [-0.1, -0.05) is 18.2 Å². The van der Waals surface area contributed by atoms with Gasteiger partial charge in [0.15, 0.2) is 5.96 Å². The van der Waals surface area contributed by atoms with Crippen LogP contribution in [0.15, 0.2) is 34.2 Å². The average molecular weight is 436 g/mol. The van der Waals surface area contributed by atoms with E-state index in [9.17, 15) is 8.42 Å². The number of aliphatic imine (C=N–C) groups is 1. The van der Waals surface area contributed by atoms with E-state index in [0.717, 1.165) is 44.5 Å². The lowest BCUT2D eigenvalue weighted by atomic mass is 9.96. The zero-order valence-corrected chi connectivity index (χ0v) is 18.7. The molecule has 0 aliphatic carbocycles. The number of sulfonamides is 1. The van der Waals surface area contributed by atoms with E-state index in [1.807, 2.05) is 26.1 Å². The second kappa shape index (κ2) is 9.21. The maximum Gasteiger partial charge on any atom is 0.243 e. The Bertz CT molecular complexity index is 867. The van der Waals surface area contributed by atoms with E-state index >= 15 is 0 Å².